The van der Waals surface area contributed by atoms with E-state index < -0.39 is 6.10 Å². The normalized spacial score (nSPS) is 11.9. The van der Waals surface area contributed by atoms with E-state index in [9.17, 15) is 9.90 Å². The van der Waals surface area contributed by atoms with Crippen LogP contribution < -0.4 is 4.74 Å². The summed E-state index contributed by atoms with van der Waals surface area (Å²) >= 11 is 0. The van der Waals surface area contributed by atoms with Gasteiger partial charge >= 0.3 is 0 Å². The van der Waals surface area contributed by atoms with Crippen molar-refractivity contribution in [2.24, 2.45) is 0 Å². The summed E-state index contributed by atoms with van der Waals surface area (Å²) in [6, 6.07) is 7.14. The molecule has 1 unspecified atom stereocenters. The fourth-order valence-corrected chi connectivity index (χ4v) is 2.35. The zero-order chi connectivity index (χ0) is 15.7. The van der Waals surface area contributed by atoms with E-state index in [4.69, 9.17) is 4.74 Å². The Kier molecular flexibility index (Phi) is 10.9. The number of aliphatic hydroxyl groups is 1. The molecule has 0 aromatic heterocycles. The minimum absolute atomic E-state index is 0. The van der Waals surface area contributed by atoms with Gasteiger partial charge in [0.15, 0.2) is 5.78 Å². The smallest absolute Gasteiger partial charge is 0.163 e. The van der Waals surface area contributed by atoms with Crippen LogP contribution in [0.15, 0.2) is 24.3 Å². The lowest BCUT2D eigenvalue weighted by atomic mass is 10.1. The van der Waals surface area contributed by atoms with E-state index in [1.54, 1.807) is 12.1 Å². The average Bonchev–Trinajstić information content (AvgIpc) is 2.46. The molecule has 0 bridgehead atoms. The third kappa shape index (κ3) is 7.25. The van der Waals surface area contributed by atoms with Crippen LogP contribution in [0.1, 0.15) is 44.0 Å². The van der Waals surface area contributed by atoms with E-state index in [0.29, 0.717) is 17.9 Å². The summed E-state index contributed by atoms with van der Waals surface area (Å²) < 4.78 is 5.62. The molecule has 0 saturated carbocycles. The number of benzene rings is 1. The number of halogens is 1. The maximum absolute atomic E-state index is 11.5. The minimum atomic E-state index is -0.553. The molecule has 1 N–H and O–H groups in total. The lowest BCUT2D eigenvalue weighted by Gasteiger charge is -2.24. The van der Waals surface area contributed by atoms with Crippen molar-refractivity contribution in [2.75, 3.05) is 26.2 Å². The lowest BCUT2D eigenvalue weighted by molar-refractivity contribution is 0.0674. The Balaban J connectivity index is 0.00000441. The van der Waals surface area contributed by atoms with Crippen molar-refractivity contribution in [1.82, 2.24) is 4.90 Å². The molecule has 0 aliphatic rings. The Labute approximate surface area is 139 Å². The Bertz CT molecular complexity index is 434. The summed E-state index contributed by atoms with van der Waals surface area (Å²) in [5.74, 6) is 0.514. The first-order valence-corrected chi connectivity index (χ1v) is 7.71. The summed E-state index contributed by atoms with van der Waals surface area (Å²) in [7, 11) is 0. The van der Waals surface area contributed by atoms with Crippen LogP contribution in [0.4, 0.5) is 0 Å². The molecule has 0 radical (unpaired) electrons. The number of hydrogen-bond acceptors (Lipinski definition) is 4. The summed E-state index contributed by atoms with van der Waals surface area (Å²) in [5, 5.41) is 10.1. The van der Waals surface area contributed by atoms with Crippen molar-refractivity contribution in [3.05, 3.63) is 29.8 Å². The van der Waals surface area contributed by atoms with E-state index in [1.807, 2.05) is 12.1 Å². The molecule has 0 heterocycles. The SMILES string of the molecule is CCCN(CCC)CC(O)COc1ccccc1C(C)=O.Cl. The van der Waals surface area contributed by atoms with Gasteiger partial charge in [0, 0.05) is 6.54 Å². The van der Waals surface area contributed by atoms with Crippen LogP contribution in [0.2, 0.25) is 0 Å². The molecule has 1 atom stereocenters. The molecule has 1 aromatic rings. The highest BCUT2D eigenvalue weighted by Crippen LogP contribution is 2.18. The van der Waals surface area contributed by atoms with Gasteiger partial charge in [0.25, 0.3) is 0 Å². The maximum Gasteiger partial charge on any atom is 0.163 e. The van der Waals surface area contributed by atoms with Gasteiger partial charge in [0.1, 0.15) is 18.5 Å². The summed E-state index contributed by atoms with van der Waals surface area (Å²) in [4.78, 5) is 13.7. The van der Waals surface area contributed by atoms with Crippen LogP contribution in [-0.2, 0) is 0 Å². The van der Waals surface area contributed by atoms with Crippen molar-refractivity contribution in [1.29, 1.82) is 0 Å². The Morgan fingerprint density at radius 1 is 1.23 bits per heavy atom. The highest BCUT2D eigenvalue weighted by molar-refractivity contribution is 5.96. The van der Waals surface area contributed by atoms with Gasteiger partial charge < -0.3 is 14.7 Å². The second kappa shape index (κ2) is 11.5. The van der Waals surface area contributed by atoms with Gasteiger partial charge in [-0.1, -0.05) is 26.0 Å². The third-order valence-corrected chi connectivity index (χ3v) is 3.25. The number of carbonyl (C=O) groups is 1. The molecule has 126 valence electrons. The van der Waals surface area contributed by atoms with Gasteiger partial charge in [0.2, 0.25) is 0 Å². The van der Waals surface area contributed by atoms with Crippen LogP contribution in [-0.4, -0.2) is 48.1 Å². The second-order valence-corrected chi connectivity index (χ2v) is 5.32. The number of ether oxygens (including phenoxy) is 1. The second-order valence-electron chi connectivity index (χ2n) is 5.32. The fraction of sp³-hybridized carbons (Fsp3) is 0.588. The number of rotatable bonds is 10. The van der Waals surface area contributed by atoms with Crippen LogP contribution >= 0.6 is 12.4 Å². The van der Waals surface area contributed by atoms with E-state index in [0.717, 1.165) is 25.9 Å². The number of carbonyl (C=O) groups excluding carboxylic acids is 1. The van der Waals surface area contributed by atoms with Gasteiger partial charge in [-0.15, -0.1) is 12.4 Å². The van der Waals surface area contributed by atoms with Crippen LogP contribution in [0, 0.1) is 0 Å². The standard InChI is InChI=1S/C17H27NO3.ClH/c1-4-10-18(11-5-2)12-15(20)13-21-17-9-7-6-8-16(17)14(3)19;/h6-9,15,20H,4-5,10-13H2,1-3H3;1H. The molecule has 22 heavy (non-hydrogen) atoms. The number of aliphatic hydroxyl groups excluding tert-OH is 1. The number of Topliss-reactive ketones (excluding diaryl/α,β-unsaturated/α-hetero) is 1. The van der Waals surface area contributed by atoms with Crippen LogP contribution in [0.3, 0.4) is 0 Å². The molecule has 1 rings (SSSR count). The molecule has 5 heteroatoms. The fourth-order valence-electron chi connectivity index (χ4n) is 2.35. The van der Waals surface area contributed by atoms with Gasteiger partial charge in [-0.3, -0.25) is 4.79 Å². The largest absolute Gasteiger partial charge is 0.490 e. The Morgan fingerprint density at radius 2 is 1.82 bits per heavy atom. The Morgan fingerprint density at radius 3 is 2.36 bits per heavy atom. The molecule has 0 saturated heterocycles. The van der Waals surface area contributed by atoms with Gasteiger partial charge in [0.05, 0.1) is 5.56 Å². The molecule has 0 aliphatic carbocycles. The molecule has 0 amide bonds. The summed E-state index contributed by atoms with van der Waals surface area (Å²) in [6.07, 6.45) is 1.59. The van der Waals surface area contributed by atoms with Crippen molar-refractivity contribution >= 4 is 18.2 Å². The van der Waals surface area contributed by atoms with E-state index in [2.05, 4.69) is 18.7 Å². The van der Waals surface area contributed by atoms with Gasteiger partial charge in [-0.05, 0) is 45.0 Å². The molecule has 0 spiro atoms. The first kappa shape index (κ1) is 20.9. The van der Waals surface area contributed by atoms with Crippen LogP contribution in [0.25, 0.3) is 0 Å². The molecule has 1 aromatic carbocycles. The van der Waals surface area contributed by atoms with Crippen LogP contribution in [0.5, 0.6) is 5.75 Å². The zero-order valence-corrected chi connectivity index (χ0v) is 14.6. The number of nitrogens with zero attached hydrogens (tertiary/aromatic N) is 1. The highest BCUT2D eigenvalue weighted by atomic mass is 35.5. The molecule has 0 aliphatic heterocycles. The molecular formula is C17H28ClNO3. The van der Waals surface area contributed by atoms with E-state index in [-0.39, 0.29) is 24.8 Å². The van der Waals surface area contributed by atoms with Crippen molar-refractivity contribution in [3.63, 3.8) is 0 Å². The quantitative estimate of drug-likeness (QED) is 0.670. The summed E-state index contributed by atoms with van der Waals surface area (Å²) in [5.41, 5.74) is 0.559. The zero-order valence-electron chi connectivity index (χ0n) is 13.7. The van der Waals surface area contributed by atoms with E-state index >= 15 is 0 Å². The minimum Gasteiger partial charge on any atom is -0.490 e. The number of ketones is 1. The Hall–Kier alpha value is -1.10. The third-order valence-electron chi connectivity index (χ3n) is 3.25. The first-order chi connectivity index (χ1) is 10.1. The number of hydrogen-bond donors (Lipinski definition) is 1. The van der Waals surface area contributed by atoms with Gasteiger partial charge in [-0.2, -0.15) is 0 Å². The monoisotopic (exact) mass is 329 g/mol. The average molecular weight is 330 g/mol. The molecule has 4 nitrogen and oxygen atoms in total. The topological polar surface area (TPSA) is 49.8 Å². The van der Waals surface area contributed by atoms with Crippen molar-refractivity contribution < 1.29 is 14.6 Å². The predicted molar refractivity (Wildman–Crippen MR) is 92.2 cm³/mol. The first-order valence-electron chi connectivity index (χ1n) is 7.71. The van der Waals surface area contributed by atoms with Crippen molar-refractivity contribution in [2.45, 2.75) is 39.7 Å². The molecule has 0 fully saturated rings. The predicted octanol–water partition coefficient (Wildman–Crippen LogP) is 3.17. The lowest BCUT2D eigenvalue weighted by Crippen LogP contribution is -2.36. The van der Waals surface area contributed by atoms with Crippen molar-refractivity contribution in [3.8, 4) is 5.75 Å². The van der Waals surface area contributed by atoms with Gasteiger partial charge in [-0.25, -0.2) is 0 Å². The van der Waals surface area contributed by atoms with E-state index in [1.165, 1.54) is 6.92 Å². The summed E-state index contributed by atoms with van der Waals surface area (Å²) in [6.45, 7) is 8.55. The highest BCUT2D eigenvalue weighted by Gasteiger charge is 2.13. The number of para-hydroxylation sites is 1. The maximum atomic E-state index is 11.5. The molecular weight excluding hydrogens is 302 g/mol.